The van der Waals surface area contributed by atoms with Crippen LogP contribution in [0, 0.1) is 0 Å². The Labute approximate surface area is 174 Å². The predicted octanol–water partition coefficient (Wildman–Crippen LogP) is 4.93. The van der Waals surface area contributed by atoms with Crippen molar-refractivity contribution in [3.63, 3.8) is 0 Å². The summed E-state index contributed by atoms with van der Waals surface area (Å²) in [5.41, 5.74) is 0.704. The van der Waals surface area contributed by atoms with E-state index in [-0.39, 0.29) is 11.9 Å². The summed E-state index contributed by atoms with van der Waals surface area (Å²) in [7, 11) is 1.76. The number of benzene rings is 2. The van der Waals surface area contributed by atoms with Gasteiger partial charge in [-0.15, -0.1) is 11.3 Å². The molecule has 6 nitrogen and oxygen atoms in total. The van der Waals surface area contributed by atoms with Gasteiger partial charge in [-0.25, -0.2) is 4.79 Å². The van der Waals surface area contributed by atoms with Gasteiger partial charge in [0.05, 0.1) is 16.5 Å². The van der Waals surface area contributed by atoms with Gasteiger partial charge in [0.25, 0.3) is 5.91 Å². The smallest absolute Gasteiger partial charge is 0.324 e. The van der Waals surface area contributed by atoms with Gasteiger partial charge in [0.15, 0.2) is 0 Å². The molecule has 0 atom stereocenters. The van der Waals surface area contributed by atoms with Crippen molar-refractivity contribution < 1.29 is 14.3 Å². The van der Waals surface area contributed by atoms with E-state index in [2.05, 4.69) is 10.6 Å². The quantitative estimate of drug-likeness (QED) is 0.518. The predicted molar refractivity (Wildman–Crippen MR) is 117 cm³/mol. The lowest BCUT2D eigenvalue weighted by molar-refractivity contribution is 0.0792. The first-order chi connectivity index (χ1) is 14.1. The molecule has 0 unspecified atom stereocenters. The summed E-state index contributed by atoms with van der Waals surface area (Å²) in [6, 6.07) is 21.9. The third-order valence-corrected chi connectivity index (χ3v) is 5.07. The SMILES string of the molecule is CN(CCCOc1ccccc1)C(=O)c1ccc(NC(=O)Nc2ccccc2)s1. The summed E-state index contributed by atoms with van der Waals surface area (Å²) in [5.74, 6) is 0.746. The van der Waals surface area contributed by atoms with E-state index in [0.29, 0.717) is 28.7 Å². The highest BCUT2D eigenvalue weighted by Gasteiger charge is 2.15. The molecule has 0 radical (unpaired) electrons. The lowest BCUT2D eigenvalue weighted by atomic mass is 10.3. The van der Waals surface area contributed by atoms with Crippen molar-refractivity contribution in [2.45, 2.75) is 6.42 Å². The highest BCUT2D eigenvalue weighted by atomic mass is 32.1. The van der Waals surface area contributed by atoms with Gasteiger partial charge in [-0.3, -0.25) is 10.1 Å². The van der Waals surface area contributed by atoms with Crippen LogP contribution in [0.5, 0.6) is 5.75 Å². The van der Waals surface area contributed by atoms with Crippen LogP contribution < -0.4 is 15.4 Å². The van der Waals surface area contributed by atoms with Gasteiger partial charge in [-0.1, -0.05) is 36.4 Å². The molecule has 1 aromatic heterocycles. The zero-order chi connectivity index (χ0) is 20.5. The van der Waals surface area contributed by atoms with Gasteiger partial charge in [-0.05, 0) is 42.8 Å². The van der Waals surface area contributed by atoms with Crippen molar-refractivity contribution in [1.82, 2.24) is 4.90 Å². The minimum absolute atomic E-state index is 0.0776. The molecule has 3 rings (SSSR count). The number of urea groups is 1. The monoisotopic (exact) mass is 409 g/mol. The van der Waals surface area contributed by atoms with Crippen LogP contribution in [-0.2, 0) is 0 Å². The summed E-state index contributed by atoms with van der Waals surface area (Å²) in [5, 5.41) is 6.11. The van der Waals surface area contributed by atoms with Gasteiger partial charge in [-0.2, -0.15) is 0 Å². The van der Waals surface area contributed by atoms with Crippen molar-refractivity contribution in [1.29, 1.82) is 0 Å². The molecule has 0 bridgehead atoms. The number of hydrogen-bond acceptors (Lipinski definition) is 4. The van der Waals surface area contributed by atoms with Crippen molar-refractivity contribution in [3.8, 4) is 5.75 Å². The lowest BCUT2D eigenvalue weighted by Gasteiger charge is -2.16. The number of ether oxygens (including phenoxy) is 1. The van der Waals surface area contributed by atoms with Crippen LogP contribution in [0.3, 0.4) is 0 Å². The van der Waals surface area contributed by atoms with E-state index in [4.69, 9.17) is 4.74 Å². The fourth-order valence-corrected chi connectivity index (χ4v) is 3.51. The van der Waals surface area contributed by atoms with E-state index in [1.807, 2.05) is 48.5 Å². The zero-order valence-corrected chi connectivity index (χ0v) is 16.9. The van der Waals surface area contributed by atoms with E-state index < -0.39 is 0 Å². The fourth-order valence-electron chi connectivity index (χ4n) is 2.61. The Morgan fingerprint density at radius 3 is 2.34 bits per heavy atom. The minimum atomic E-state index is -0.344. The number of rotatable bonds is 8. The first-order valence-corrected chi connectivity index (χ1v) is 10.1. The molecular formula is C22H23N3O3S. The molecule has 0 saturated carbocycles. The molecule has 150 valence electrons. The van der Waals surface area contributed by atoms with Crippen LogP contribution in [0.4, 0.5) is 15.5 Å². The van der Waals surface area contributed by atoms with Crippen molar-refractivity contribution in [2.24, 2.45) is 0 Å². The van der Waals surface area contributed by atoms with Gasteiger partial charge in [0.1, 0.15) is 5.75 Å². The molecule has 3 amide bonds. The maximum absolute atomic E-state index is 12.6. The van der Waals surface area contributed by atoms with Gasteiger partial charge in [0.2, 0.25) is 0 Å². The molecule has 3 aromatic rings. The van der Waals surface area contributed by atoms with Crippen LogP contribution in [0.15, 0.2) is 72.8 Å². The largest absolute Gasteiger partial charge is 0.494 e. The normalized spacial score (nSPS) is 10.2. The maximum Gasteiger partial charge on any atom is 0.324 e. The number of nitrogens with zero attached hydrogens (tertiary/aromatic N) is 1. The molecule has 0 fully saturated rings. The van der Waals surface area contributed by atoms with Crippen LogP contribution in [0.1, 0.15) is 16.1 Å². The second-order valence-electron chi connectivity index (χ2n) is 6.35. The maximum atomic E-state index is 12.6. The molecule has 0 aliphatic heterocycles. The molecule has 0 spiro atoms. The van der Waals surface area contributed by atoms with Gasteiger partial charge < -0.3 is 15.0 Å². The second-order valence-corrected chi connectivity index (χ2v) is 7.43. The summed E-state index contributed by atoms with van der Waals surface area (Å²) >= 11 is 1.25. The Kier molecular flexibility index (Phi) is 7.24. The number of carbonyl (C=O) groups excluding carboxylic acids is 2. The molecule has 0 aliphatic carbocycles. The Morgan fingerprint density at radius 1 is 0.931 bits per heavy atom. The van der Waals surface area contributed by atoms with Gasteiger partial charge >= 0.3 is 6.03 Å². The fraction of sp³-hybridized carbons (Fsp3) is 0.182. The van der Waals surface area contributed by atoms with Gasteiger partial charge in [0, 0.05) is 19.3 Å². The summed E-state index contributed by atoms with van der Waals surface area (Å²) in [6.07, 6.45) is 0.729. The standard InChI is InChI=1S/C22H23N3O3S/c1-25(15-8-16-28-18-11-6-3-7-12-18)21(26)19-13-14-20(29-19)24-22(27)23-17-9-4-2-5-10-17/h2-7,9-14H,8,15-16H2,1H3,(H2,23,24,27). The van der Waals surface area contributed by atoms with Crippen LogP contribution in [0.25, 0.3) is 0 Å². The summed E-state index contributed by atoms with van der Waals surface area (Å²) in [4.78, 5) is 26.9. The summed E-state index contributed by atoms with van der Waals surface area (Å²) < 4.78 is 5.65. The number of thiophene rings is 1. The van der Waals surface area contributed by atoms with E-state index in [9.17, 15) is 9.59 Å². The number of anilines is 2. The van der Waals surface area contributed by atoms with E-state index >= 15 is 0 Å². The van der Waals surface area contributed by atoms with Crippen molar-refractivity contribution >= 4 is 34.0 Å². The molecular weight excluding hydrogens is 386 g/mol. The number of hydrogen-bond donors (Lipinski definition) is 2. The highest BCUT2D eigenvalue weighted by Crippen LogP contribution is 2.23. The molecule has 7 heteroatoms. The Bertz CT molecular complexity index is 929. The Hall–Kier alpha value is -3.32. The highest BCUT2D eigenvalue weighted by molar-refractivity contribution is 7.18. The number of para-hydroxylation sites is 2. The van der Waals surface area contributed by atoms with E-state index in [0.717, 1.165) is 12.2 Å². The number of carbonyl (C=O) groups is 2. The topological polar surface area (TPSA) is 70.7 Å². The number of amides is 3. The Morgan fingerprint density at radius 2 is 1.62 bits per heavy atom. The Balaban J connectivity index is 1.43. The minimum Gasteiger partial charge on any atom is -0.494 e. The molecule has 0 aliphatic rings. The first kappa shape index (κ1) is 20.4. The number of nitrogens with one attached hydrogen (secondary N) is 2. The molecule has 1 heterocycles. The molecule has 2 aromatic carbocycles. The average molecular weight is 410 g/mol. The van der Waals surface area contributed by atoms with Crippen molar-refractivity contribution in [2.75, 3.05) is 30.8 Å². The molecule has 0 saturated heterocycles. The molecule has 2 N–H and O–H groups in total. The second kappa shape index (κ2) is 10.3. The lowest BCUT2D eigenvalue weighted by Crippen LogP contribution is -2.28. The average Bonchev–Trinajstić information content (AvgIpc) is 3.20. The third-order valence-electron chi connectivity index (χ3n) is 4.08. The van der Waals surface area contributed by atoms with Crippen LogP contribution in [0.2, 0.25) is 0 Å². The van der Waals surface area contributed by atoms with E-state index in [1.54, 1.807) is 36.2 Å². The zero-order valence-electron chi connectivity index (χ0n) is 16.1. The molecule has 29 heavy (non-hydrogen) atoms. The van der Waals surface area contributed by atoms with Crippen LogP contribution >= 0.6 is 11.3 Å². The van der Waals surface area contributed by atoms with Crippen LogP contribution in [-0.4, -0.2) is 37.0 Å². The van der Waals surface area contributed by atoms with E-state index in [1.165, 1.54) is 11.3 Å². The third kappa shape index (κ3) is 6.36. The van der Waals surface area contributed by atoms with Crippen molar-refractivity contribution in [3.05, 3.63) is 77.7 Å². The first-order valence-electron chi connectivity index (χ1n) is 9.28. The summed E-state index contributed by atoms with van der Waals surface area (Å²) in [6.45, 7) is 1.12.